The van der Waals surface area contributed by atoms with Gasteiger partial charge in [0, 0.05) is 19.2 Å². The van der Waals surface area contributed by atoms with Crippen molar-refractivity contribution in [1.82, 2.24) is 5.32 Å². The Bertz CT molecular complexity index is 340. The minimum atomic E-state index is -0.444. The van der Waals surface area contributed by atoms with Crippen molar-refractivity contribution in [3.63, 3.8) is 0 Å². The Morgan fingerprint density at radius 1 is 1.15 bits per heavy atom. The number of hydrogen-bond acceptors (Lipinski definition) is 3. The molecule has 1 aromatic rings. The van der Waals surface area contributed by atoms with Crippen LogP contribution in [0.4, 0.5) is 0 Å². The lowest BCUT2D eigenvalue weighted by Crippen LogP contribution is -2.32. The third-order valence-electron chi connectivity index (χ3n) is 3.34. The fourth-order valence-electron chi connectivity index (χ4n) is 2.04. The molecule has 0 aliphatic rings. The van der Waals surface area contributed by atoms with Crippen molar-refractivity contribution >= 4 is 0 Å². The molecule has 2 N–H and O–H groups in total. The topological polar surface area (TPSA) is 41.5 Å². The van der Waals surface area contributed by atoms with E-state index in [4.69, 9.17) is 4.74 Å². The molecule has 0 amide bonds. The van der Waals surface area contributed by atoms with Gasteiger partial charge in [-0.25, -0.2) is 0 Å². The van der Waals surface area contributed by atoms with Crippen LogP contribution in [-0.2, 0) is 4.74 Å². The molecular weight excluding hydrogens is 250 g/mol. The molecule has 0 saturated carbocycles. The van der Waals surface area contributed by atoms with Crippen LogP contribution in [0.3, 0.4) is 0 Å². The monoisotopic (exact) mass is 279 g/mol. The number of benzene rings is 1. The summed E-state index contributed by atoms with van der Waals surface area (Å²) in [6, 6.07) is 10.5. The van der Waals surface area contributed by atoms with Crippen molar-refractivity contribution < 1.29 is 9.84 Å². The zero-order valence-corrected chi connectivity index (χ0v) is 13.0. The normalized spacial score (nSPS) is 14.4. The van der Waals surface area contributed by atoms with Crippen LogP contribution in [0.5, 0.6) is 0 Å². The van der Waals surface area contributed by atoms with Gasteiger partial charge in [0.1, 0.15) is 0 Å². The van der Waals surface area contributed by atoms with Crippen LogP contribution in [0.1, 0.15) is 45.2 Å². The first-order chi connectivity index (χ1) is 9.59. The number of hydrogen-bond donors (Lipinski definition) is 2. The maximum Gasteiger partial charge on any atom is 0.0897 e. The van der Waals surface area contributed by atoms with Gasteiger partial charge in [-0.3, -0.25) is 0 Å². The van der Waals surface area contributed by atoms with E-state index in [1.165, 1.54) is 12.0 Å². The van der Waals surface area contributed by atoms with E-state index in [9.17, 15) is 5.11 Å². The first-order valence-electron chi connectivity index (χ1n) is 7.63. The van der Waals surface area contributed by atoms with Crippen LogP contribution < -0.4 is 5.32 Å². The number of ether oxygens (including phenoxy) is 1. The Morgan fingerprint density at radius 2 is 1.85 bits per heavy atom. The molecule has 1 rings (SSSR count). The molecule has 20 heavy (non-hydrogen) atoms. The molecule has 0 heterocycles. The summed E-state index contributed by atoms with van der Waals surface area (Å²) in [7, 11) is 0. The van der Waals surface area contributed by atoms with Gasteiger partial charge in [0.15, 0.2) is 0 Å². The molecule has 1 aromatic carbocycles. The lowest BCUT2D eigenvalue weighted by molar-refractivity contribution is 0.0337. The quantitative estimate of drug-likeness (QED) is 0.646. The fraction of sp³-hybridized carbons (Fsp3) is 0.647. The van der Waals surface area contributed by atoms with Crippen molar-refractivity contribution in [2.45, 2.75) is 45.8 Å². The van der Waals surface area contributed by atoms with Crippen molar-refractivity contribution in [2.75, 3.05) is 19.8 Å². The van der Waals surface area contributed by atoms with Gasteiger partial charge in [-0.2, -0.15) is 0 Å². The van der Waals surface area contributed by atoms with E-state index in [-0.39, 0.29) is 6.04 Å². The van der Waals surface area contributed by atoms with E-state index in [1.807, 2.05) is 18.2 Å². The number of aliphatic hydroxyl groups excluding tert-OH is 1. The highest BCUT2D eigenvalue weighted by molar-refractivity contribution is 5.17. The second-order valence-electron chi connectivity index (χ2n) is 5.81. The number of rotatable bonds is 10. The van der Waals surface area contributed by atoms with Crippen molar-refractivity contribution in [1.29, 1.82) is 0 Å². The van der Waals surface area contributed by atoms with Gasteiger partial charge in [0.05, 0.1) is 12.7 Å². The molecule has 2 unspecified atom stereocenters. The van der Waals surface area contributed by atoms with E-state index in [0.717, 1.165) is 18.9 Å². The van der Waals surface area contributed by atoms with Gasteiger partial charge in [-0.15, -0.1) is 0 Å². The molecule has 114 valence electrons. The van der Waals surface area contributed by atoms with Crippen LogP contribution in [0.15, 0.2) is 30.3 Å². The molecule has 0 fully saturated rings. The lowest BCUT2D eigenvalue weighted by Gasteiger charge is -2.17. The summed E-state index contributed by atoms with van der Waals surface area (Å²) in [4.78, 5) is 0. The fourth-order valence-corrected chi connectivity index (χ4v) is 2.04. The van der Waals surface area contributed by atoms with Gasteiger partial charge in [-0.1, -0.05) is 44.2 Å². The highest BCUT2D eigenvalue weighted by Gasteiger charge is 2.08. The SMILES string of the molecule is CC(C)CCCOCC(O)CNC(C)c1ccccc1. The highest BCUT2D eigenvalue weighted by atomic mass is 16.5. The Balaban J connectivity index is 2.09. The van der Waals surface area contributed by atoms with Crippen LogP contribution in [0, 0.1) is 5.92 Å². The minimum Gasteiger partial charge on any atom is -0.389 e. The second kappa shape index (κ2) is 9.92. The number of aliphatic hydroxyl groups is 1. The Morgan fingerprint density at radius 3 is 2.50 bits per heavy atom. The average Bonchev–Trinajstić information content (AvgIpc) is 2.45. The summed E-state index contributed by atoms with van der Waals surface area (Å²) >= 11 is 0. The molecule has 3 nitrogen and oxygen atoms in total. The molecule has 0 radical (unpaired) electrons. The van der Waals surface area contributed by atoms with Gasteiger partial charge in [-0.05, 0) is 31.2 Å². The summed E-state index contributed by atoms with van der Waals surface area (Å²) in [5.74, 6) is 0.719. The third kappa shape index (κ3) is 7.63. The van der Waals surface area contributed by atoms with Gasteiger partial charge >= 0.3 is 0 Å². The number of nitrogens with one attached hydrogen (secondary N) is 1. The van der Waals surface area contributed by atoms with Crippen LogP contribution >= 0.6 is 0 Å². The predicted molar refractivity (Wildman–Crippen MR) is 83.8 cm³/mol. The predicted octanol–water partition coefficient (Wildman–Crippen LogP) is 3.15. The molecule has 0 aliphatic carbocycles. The largest absolute Gasteiger partial charge is 0.389 e. The van der Waals surface area contributed by atoms with Gasteiger partial charge in [0.2, 0.25) is 0 Å². The smallest absolute Gasteiger partial charge is 0.0897 e. The summed E-state index contributed by atoms with van der Waals surface area (Å²) in [6.07, 6.45) is 1.80. The van der Waals surface area contributed by atoms with Gasteiger partial charge < -0.3 is 15.2 Å². The summed E-state index contributed by atoms with van der Waals surface area (Å²) in [6.45, 7) is 8.23. The maximum atomic E-state index is 9.87. The molecule has 2 atom stereocenters. The first kappa shape index (κ1) is 17.2. The van der Waals surface area contributed by atoms with E-state index < -0.39 is 6.10 Å². The van der Waals surface area contributed by atoms with E-state index in [1.54, 1.807) is 0 Å². The first-order valence-corrected chi connectivity index (χ1v) is 7.63. The van der Waals surface area contributed by atoms with E-state index in [0.29, 0.717) is 13.2 Å². The van der Waals surface area contributed by atoms with Crippen molar-refractivity contribution in [3.8, 4) is 0 Å². The summed E-state index contributed by atoms with van der Waals surface area (Å²) in [5.41, 5.74) is 1.23. The standard InChI is InChI=1S/C17H29NO2/c1-14(2)8-7-11-20-13-17(19)12-18-15(3)16-9-5-4-6-10-16/h4-6,9-10,14-15,17-19H,7-8,11-13H2,1-3H3. The van der Waals surface area contributed by atoms with Crippen molar-refractivity contribution in [2.24, 2.45) is 5.92 Å². The van der Waals surface area contributed by atoms with Crippen LogP contribution in [0.25, 0.3) is 0 Å². The molecule has 0 saturated heterocycles. The Labute approximate surface area is 123 Å². The average molecular weight is 279 g/mol. The minimum absolute atomic E-state index is 0.242. The Hall–Kier alpha value is -0.900. The zero-order chi connectivity index (χ0) is 14.8. The Kier molecular flexibility index (Phi) is 8.51. The maximum absolute atomic E-state index is 9.87. The van der Waals surface area contributed by atoms with Crippen LogP contribution in [0.2, 0.25) is 0 Å². The second-order valence-corrected chi connectivity index (χ2v) is 5.81. The molecule has 0 spiro atoms. The van der Waals surface area contributed by atoms with E-state index >= 15 is 0 Å². The molecule has 0 aromatic heterocycles. The van der Waals surface area contributed by atoms with Gasteiger partial charge in [0.25, 0.3) is 0 Å². The molecule has 3 heteroatoms. The van der Waals surface area contributed by atoms with Crippen LogP contribution in [-0.4, -0.2) is 31.0 Å². The third-order valence-corrected chi connectivity index (χ3v) is 3.34. The highest BCUT2D eigenvalue weighted by Crippen LogP contribution is 2.10. The van der Waals surface area contributed by atoms with Crippen molar-refractivity contribution in [3.05, 3.63) is 35.9 Å². The molecule has 0 bridgehead atoms. The lowest BCUT2D eigenvalue weighted by atomic mass is 10.1. The molecule has 0 aliphatic heterocycles. The molecular formula is C17H29NO2. The zero-order valence-electron chi connectivity index (χ0n) is 13.0. The summed E-state index contributed by atoms with van der Waals surface area (Å²) in [5, 5.41) is 13.2. The summed E-state index contributed by atoms with van der Waals surface area (Å²) < 4.78 is 5.49. The van der Waals surface area contributed by atoms with E-state index in [2.05, 4.69) is 38.2 Å².